The second-order valence-electron chi connectivity index (χ2n) is 8.69. The van der Waals surface area contributed by atoms with Gasteiger partial charge in [0.2, 0.25) is 11.8 Å². The SMILES string of the molecule is CC(=O)C12c3ccccc3C(c3ccccc31)[C@H]1C(=O)N(c3ccc(C#N)cc3)C(=O)[C@H]12. The van der Waals surface area contributed by atoms with Crippen LogP contribution in [0.1, 0.15) is 40.7 Å². The Kier molecular flexibility index (Phi) is 3.65. The summed E-state index contributed by atoms with van der Waals surface area (Å²) < 4.78 is 0. The van der Waals surface area contributed by atoms with Crippen molar-refractivity contribution >= 4 is 23.3 Å². The molecule has 154 valence electrons. The monoisotopic (exact) mass is 418 g/mol. The number of Topliss-reactive ketones (excluding diaryl/α,β-unsaturated/α-hetero) is 1. The van der Waals surface area contributed by atoms with Gasteiger partial charge in [-0.3, -0.25) is 14.4 Å². The summed E-state index contributed by atoms with van der Waals surface area (Å²) in [6.07, 6.45) is 0. The van der Waals surface area contributed by atoms with E-state index in [9.17, 15) is 14.4 Å². The van der Waals surface area contributed by atoms with Crippen LogP contribution in [0.4, 0.5) is 5.69 Å². The van der Waals surface area contributed by atoms with Crippen molar-refractivity contribution in [1.82, 2.24) is 0 Å². The van der Waals surface area contributed by atoms with Crippen LogP contribution >= 0.6 is 0 Å². The van der Waals surface area contributed by atoms with E-state index < -0.39 is 17.3 Å². The quantitative estimate of drug-likeness (QED) is 0.595. The first-order valence-electron chi connectivity index (χ1n) is 10.6. The standard InChI is InChI=1S/C27H18N2O3/c1-15(30)27-20-8-4-2-6-18(20)22(19-7-3-5-9-21(19)27)23-24(27)26(32)29(25(23)31)17-12-10-16(14-28)11-13-17/h2-13,22-24H,1H3/t22?,23-,24+,27?/m1/s1. The van der Waals surface area contributed by atoms with E-state index in [0.29, 0.717) is 11.3 Å². The predicted molar refractivity (Wildman–Crippen MR) is 117 cm³/mol. The molecule has 5 heteroatoms. The third-order valence-corrected chi connectivity index (χ3v) is 7.43. The molecule has 0 N–H and O–H groups in total. The summed E-state index contributed by atoms with van der Waals surface area (Å²) in [6, 6.07) is 23.9. The van der Waals surface area contributed by atoms with Gasteiger partial charge in [0.15, 0.2) is 0 Å². The highest BCUT2D eigenvalue weighted by Crippen LogP contribution is 2.64. The molecular formula is C27H18N2O3. The molecule has 0 aromatic heterocycles. The van der Waals surface area contributed by atoms with Gasteiger partial charge in [0.05, 0.1) is 34.6 Å². The zero-order valence-corrected chi connectivity index (χ0v) is 17.3. The molecule has 1 heterocycles. The molecule has 0 saturated carbocycles. The van der Waals surface area contributed by atoms with Gasteiger partial charge in [-0.15, -0.1) is 0 Å². The van der Waals surface area contributed by atoms with Crippen molar-refractivity contribution in [2.75, 3.05) is 4.90 Å². The molecular weight excluding hydrogens is 400 g/mol. The van der Waals surface area contributed by atoms with E-state index in [1.54, 1.807) is 24.3 Å². The van der Waals surface area contributed by atoms with E-state index in [4.69, 9.17) is 5.26 Å². The number of hydrogen-bond donors (Lipinski definition) is 0. The number of nitriles is 1. The molecule has 2 bridgehead atoms. The maximum Gasteiger partial charge on any atom is 0.239 e. The van der Waals surface area contributed by atoms with Crippen LogP contribution in [0.2, 0.25) is 0 Å². The summed E-state index contributed by atoms with van der Waals surface area (Å²) >= 11 is 0. The number of nitrogens with zero attached hydrogens (tertiary/aromatic N) is 2. The molecule has 0 radical (unpaired) electrons. The molecule has 3 aromatic carbocycles. The van der Waals surface area contributed by atoms with E-state index in [-0.39, 0.29) is 23.5 Å². The minimum atomic E-state index is -1.19. The highest BCUT2D eigenvalue weighted by atomic mass is 16.2. The van der Waals surface area contributed by atoms with Crippen molar-refractivity contribution in [3.63, 3.8) is 0 Å². The van der Waals surface area contributed by atoms with Gasteiger partial charge in [-0.05, 0) is 53.4 Å². The normalized spacial score (nSPS) is 26.9. The lowest BCUT2D eigenvalue weighted by Gasteiger charge is -2.52. The number of imide groups is 1. The van der Waals surface area contributed by atoms with Gasteiger partial charge in [0.1, 0.15) is 5.78 Å². The smallest absolute Gasteiger partial charge is 0.239 e. The van der Waals surface area contributed by atoms with Crippen LogP contribution in [0.15, 0.2) is 72.8 Å². The number of benzene rings is 3. The molecule has 2 atom stereocenters. The Labute approximate surface area is 184 Å². The minimum Gasteiger partial charge on any atom is -0.299 e. The first kappa shape index (κ1) is 18.7. The maximum atomic E-state index is 13.9. The number of carbonyl (C=O) groups excluding carboxylic acids is 3. The van der Waals surface area contributed by atoms with Crippen LogP contribution in [0.3, 0.4) is 0 Å². The highest BCUT2D eigenvalue weighted by Gasteiger charge is 2.69. The van der Waals surface area contributed by atoms with Crippen molar-refractivity contribution < 1.29 is 14.4 Å². The lowest BCUT2D eigenvalue weighted by atomic mass is 9.46. The Morgan fingerprint density at radius 3 is 1.97 bits per heavy atom. The van der Waals surface area contributed by atoms with Gasteiger partial charge >= 0.3 is 0 Å². The number of amides is 2. The maximum absolute atomic E-state index is 13.9. The Balaban J connectivity index is 1.64. The largest absolute Gasteiger partial charge is 0.299 e. The summed E-state index contributed by atoms with van der Waals surface area (Å²) in [7, 11) is 0. The summed E-state index contributed by atoms with van der Waals surface area (Å²) in [6.45, 7) is 1.53. The van der Waals surface area contributed by atoms with Crippen molar-refractivity contribution in [2.24, 2.45) is 11.8 Å². The number of carbonyl (C=O) groups is 3. The Bertz CT molecular complexity index is 1340. The van der Waals surface area contributed by atoms with Crippen molar-refractivity contribution in [3.05, 3.63) is 101 Å². The van der Waals surface area contributed by atoms with E-state index in [0.717, 1.165) is 22.3 Å². The van der Waals surface area contributed by atoms with Gasteiger partial charge in [0.25, 0.3) is 0 Å². The van der Waals surface area contributed by atoms with Crippen molar-refractivity contribution in [2.45, 2.75) is 18.3 Å². The van der Waals surface area contributed by atoms with Gasteiger partial charge in [-0.25, -0.2) is 4.90 Å². The van der Waals surface area contributed by atoms with Gasteiger partial charge in [-0.2, -0.15) is 5.26 Å². The van der Waals surface area contributed by atoms with Crippen molar-refractivity contribution in [1.29, 1.82) is 5.26 Å². The van der Waals surface area contributed by atoms with Crippen LogP contribution in [0.5, 0.6) is 0 Å². The summed E-state index contributed by atoms with van der Waals surface area (Å²) in [5.41, 5.74) is 3.25. The first-order valence-corrected chi connectivity index (χ1v) is 10.6. The number of rotatable bonds is 2. The Morgan fingerprint density at radius 1 is 0.875 bits per heavy atom. The van der Waals surface area contributed by atoms with Gasteiger partial charge in [-0.1, -0.05) is 48.5 Å². The summed E-state index contributed by atoms with van der Waals surface area (Å²) in [5.74, 6) is -2.50. The van der Waals surface area contributed by atoms with Crippen LogP contribution in [0.25, 0.3) is 0 Å². The van der Waals surface area contributed by atoms with E-state index >= 15 is 0 Å². The average molecular weight is 418 g/mol. The molecule has 3 aliphatic carbocycles. The predicted octanol–water partition coefficient (Wildman–Crippen LogP) is 3.70. The molecule has 32 heavy (non-hydrogen) atoms. The molecule has 0 spiro atoms. The summed E-state index contributed by atoms with van der Waals surface area (Å²) in [4.78, 5) is 42.4. The second kappa shape index (κ2) is 6.24. The third kappa shape index (κ3) is 2.00. The minimum absolute atomic E-state index is 0.131. The zero-order chi connectivity index (χ0) is 22.2. The van der Waals surface area contributed by atoms with E-state index in [2.05, 4.69) is 6.07 Å². The number of anilines is 1. The van der Waals surface area contributed by atoms with Gasteiger partial charge < -0.3 is 0 Å². The lowest BCUT2D eigenvalue weighted by molar-refractivity contribution is -0.132. The molecule has 7 rings (SSSR count). The molecule has 4 aliphatic rings. The second-order valence-corrected chi connectivity index (χ2v) is 8.69. The van der Waals surface area contributed by atoms with E-state index in [1.807, 2.05) is 48.5 Å². The fourth-order valence-corrected chi connectivity index (χ4v) is 6.31. The fourth-order valence-electron chi connectivity index (χ4n) is 6.31. The van der Waals surface area contributed by atoms with E-state index in [1.165, 1.54) is 11.8 Å². The van der Waals surface area contributed by atoms with Crippen LogP contribution < -0.4 is 4.90 Å². The number of hydrogen-bond acceptors (Lipinski definition) is 4. The first-order chi connectivity index (χ1) is 15.5. The average Bonchev–Trinajstić information content (AvgIpc) is 3.09. The number of ketones is 1. The zero-order valence-electron chi connectivity index (χ0n) is 17.3. The molecule has 5 nitrogen and oxygen atoms in total. The van der Waals surface area contributed by atoms with Crippen LogP contribution in [-0.4, -0.2) is 17.6 Å². The molecule has 1 aliphatic heterocycles. The van der Waals surface area contributed by atoms with Crippen LogP contribution in [0, 0.1) is 23.2 Å². The molecule has 2 amide bonds. The van der Waals surface area contributed by atoms with Crippen LogP contribution in [-0.2, 0) is 19.8 Å². The fraction of sp³-hybridized carbons (Fsp3) is 0.185. The molecule has 0 unspecified atom stereocenters. The molecule has 3 aromatic rings. The topological polar surface area (TPSA) is 78.2 Å². The third-order valence-electron chi connectivity index (χ3n) is 7.43. The van der Waals surface area contributed by atoms with Crippen molar-refractivity contribution in [3.8, 4) is 6.07 Å². The molecule has 1 fully saturated rings. The van der Waals surface area contributed by atoms with Gasteiger partial charge in [0, 0.05) is 5.92 Å². The Hall–Kier alpha value is -4.04. The lowest BCUT2D eigenvalue weighted by Crippen LogP contribution is -2.57. The molecule has 1 saturated heterocycles. The Morgan fingerprint density at radius 2 is 1.44 bits per heavy atom. The highest BCUT2D eigenvalue weighted by molar-refractivity contribution is 6.25. The summed E-state index contributed by atoms with van der Waals surface area (Å²) in [5, 5.41) is 9.10.